The minimum absolute atomic E-state index is 0.308. The van der Waals surface area contributed by atoms with Crippen LogP contribution in [0, 0.1) is 0 Å². The van der Waals surface area contributed by atoms with Crippen LogP contribution in [0.3, 0.4) is 0 Å². The molecule has 0 amide bonds. The third kappa shape index (κ3) is 2.93. The molecule has 0 saturated heterocycles. The molecule has 2 aliphatic rings. The van der Waals surface area contributed by atoms with Gasteiger partial charge >= 0.3 is 0 Å². The molecule has 2 aliphatic carbocycles. The molecule has 0 spiro atoms. The minimum Gasteiger partial charge on any atom is -0.177 e. The van der Waals surface area contributed by atoms with Crippen LogP contribution in [-0.2, 0) is 0 Å². The summed E-state index contributed by atoms with van der Waals surface area (Å²) in [6.45, 7) is 0. The summed E-state index contributed by atoms with van der Waals surface area (Å²) in [6.07, 6.45) is 18.7. The van der Waals surface area contributed by atoms with E-state index in [1.807, 2.05) is 0 Å². The molecule has 98 valence electrons. The Hall–Kier alpha value is -1.47. The first kappa shape index (κ1) is 12.6. The molecule has 0 N–H and O–H groups in total. The summed E-state index contributed by atoms with van der Waals surface area (Å²) < 4.78 is 0. The molecule has 0 bridgehead atoms. The molecular weight excluding hydrogens is 248 g/mol. The molecule has 0 radical (unpaired) electrons. The van der Waals surface area contributed by atoms with Crippen LogP contribution in [0.4, 0.5) is 0 Å². The highest BCUT2D eigenvalue weighted by molar-refractivity contribution is 8.23. The fourth-order valence-corrected chi connectivity index (χ4v) is 5.19. The molecule has 0 fully saturated rings. The van der Waals surface area contributed by atoms with Crippen molar-refractivity contribution < 1.29 is 0 Å². The number of benzene rings is 1. The molecule has 1 aromatic rings. The van der Waals surface area contributed by atoms with Crippen molar-refractivity contribution in [2.24, 2.45) is 0 Å². The molecule has 0 saturated carbocycles. The van der Waals surface area contributed by atoms with Crippen molar-refractivity contribution in [3.8, 4) is 0 Å². The van der Waals surface area contributed by atoms with Crippen molar-refractivity contribution >= 4 is 10.9 Å². The van der Waals surface area contributed by atoms with Gasteiger partial charge in [-0.3, -0.25) is 0 Å². The van der Waals surface area contributed by atoms with Crippen LogP contribution in [0.15, 0.2) is 81.5 Å². The number of rotatable bonds is 3. The zero-order valence-corrected chi connectivity index (χ0v) is 12.0. The smallest absolute Gasteiger partial charge is 0.00480 e. The van der Waals surface area contributed by atoms with Gasteiger partial charge in [0.15, 0.2) is 0 Å². The van der Waals surface area contributed by atoms with Crippen molar-refractivity contribution in [3.63, 3.8) is 0 Å². The van der Waals surface area contributed by atoms with Crippen LogP contribution in [-0.4, -0.2) is 0 Å². The third-order valence-corrected chi connectivity index (χ3v) is 6.14. The molecule has 1 heteroatoms. The van der Waals surface area contributed by atoms with Gasteiger partial charge in [0.2, 0.25) is 0 Å². The summed E-state index contributed by atoms with van der Waals surface area (Å²) in [4.78, 5) is 4.63. The van der Waals surface area contributed by atoms with Gasteiger partial charge in [-0.15, -0.1) is 0 Å². The highest BCUT2D eigenvalue weighted by Gasteiger charge is 2.16. The molecule has 0 aliphatic heterocycles. The van der Waals surface area contributed by atoms with Crippen LogP contribution in [0.1, 0.15) is 25.7 Å². The van der Waals surface area contributed by atoms with Gasteiger partial charge in [0, 0.05) is 0 Å². The van der Waals surface area contributed by atoms with E-state index in [9.17, 15) is 0 Å². The van der Waals surface area contributed by atoms with E-state index in [4.69, 9.17) is 0 Å². The molecule has 19 heavy (non-hydrogen) atoms. The minimum atomic E-state index is -0.308. The molecular formula is C18H20S. The second-order valence-corrected chi connectivity index (χ2v) is 7.18. The number of thiol groups is 1. The first-order valence-corrected chi connectivity index (χ1v) is 8.37. The zero-order valence-electron chi connectivity index (χ0n) is 11.1. The monoisotopic (exact) mass is 268 g/mol. The van der Waals surface area contributed by atoms with Gasteiger partial charge in [0.25, 0.3) is 0 Å². The van der Waals surface area contributed by atoms with Gasteiger partial charge in [-0.2, -0.15) is 10.9 Å². The lowest BCUT2D eigenvalue weighted by Gasteiger charge is -2.28. The van der Waals surface area contributed by atoms with E-state index in [0.717, 1.165) is 0 Å². The number of hydrogen-bond acceptors (Lipinski definition) is 0. The Morgan fingerprint density at radius 2 is 1.79 bits per heavy atom. The fourth-order valence-electron chi connectivity index (χ4n) is 2.60. The van der Waals surface area contributed by atoms with Crippen molar-refractivity contribution in [1.29, 1.82) is 0 Å². The van der Waals surface area contributed by atoms with Crippen molar-refractivity contribution in [1.82, 2.24) is 0 Å². The second-order valence-electron chi connectivity index (χ2n) is 4.90. The summed E-state index contributed by atoms with van der Waals surface area (Å²) in [6, 6.07) is 11.0. The van der Waals surface area contributed by atoms with Crippen molar-refractivity contribution in [2.75, 3.05) is 0 Å². The lowest BCUT2D eigenvalue weighted by atomic mass is 10.2. The molecule has 3 rings (SSSR count). The van der Waals surface area contributed by atoms with Gasteiger partial charge < -0.3 is 0 Å². The highest BCUT2D eigenvalue weighted by atomic mass is 32.2. The second kappa shape index (κ2) is 6.12. The summed E-state index contributed by atoms with van der Waals surface area (Å²) in [5.41, 5.74) is 0. The first-order valence-electron chi connectivity index (χ1n) is 7.03. The van der Waals surface area contributed by atoms with Crippen LogP contribution < -0.4 is 0 Å². The number of hydrogen-bond donors (Lipinski definition) is 1. The maximum atomic E-state index is 2.44. The summed E-state index contributed by atoms with van der Waals surface area (Å²) in [5.74, 6) is 0. The van der Waals surface area contributed by atoms with E-state index in [-0.39, 0.29) is 10.9 Å². The molecule has 1 aromatic carbocycles. The van der Waals surface area contributed by atoms with Crippen molar-refractivity contribution in [3.05, 3.63) is 76.6 Å². The molecule has 1 atom stereocenters. The lowest BCUT2D eigenvalue weighted by Crippen LogP contribution is -1.96. The predicted molar refractivity (Wildman–Crippen MR) is 86.6 cm³/mol. The SMILES string of the molecule is C1=CCCC([SH](C2=CCCC=C2)c2ccccc2)=C1. The number of allylic oxidation sites excluding steroid dienone is 7. The average molecular weight is 268 g/mol. The Labute approximate surface area is 118 Å². The Morgan fingerprint density at radius 3 is 2.47 bits per heavy atom. The van der Waals surface area contributed by atoms with Gasteiger partial charge in [-0.05, 0) is 52.5 Å². The van der Waals surface area contributed by atoms with E-state index < -0.39 is 0 Å². The summed E-state index contributed by atoms with van der Waals surface area (Å²) in [7, 11) is -0.308. The average Bonchev–Trinajstić information content (AvgIpc) is 2.51. The Bertz CT molecular complexity index is 546. The predicted octanol–water partition coefficient (Wildman–Crippen LogP) is 5.51. The Balaban J connectivity index is 2.00. The molecule has 1 unspecified atom stereocenters. The maximum Gasteiger partial charge on any atom is -0.00480 e. The molecule has 0 heterocycles. The standard InChI is InChI=1S/C18H20S/c1-4-10-16(11-5-1)19(17-12-6-2-7-13-17)18-14-8-3-9-15-18/h1-2,4-6,8,10-12,14-15,19H,3,7,9,13H2. The van der Waals surface area contributed by atoms with E-state index >= 15 is 0 Å². The first-order chi connectivity index (χ1) is 9.45. The van der Waals surface area contributed by atoms with Crippen LogP contribution in [0.25, 0.3) is 0 Å². The third-order valence-electron chi connectivity index (χ3n) is 3.53. The van der Waals surface area contributed by atoms with E-state index in [0.29, 0.717) is 0 Å². The van der Waals surface area contributed by atoms with Crippen LogP contribution >= 0.6 is 10.9 Å². The van der Waals surface area contributed by atoms with Gasteiger partial charge in [-0.1, -0.05) is 54.7 Å². The van der Waals surface area contributed by atoms with E-state index in [1.165, 1.54) is 35.5 Å². The molecule has 0 aromatic heterocycles. The van der Waals surface area contributed by atoms with E-state index in [2.05, 4.69) is 66.8 Å². The maximum absolute atomic E-state index is 2.44. The van der Waals surface area contributed by atoms with Crippen LogP contribution in [0.5, 0.6) is 0 Å². The quantitative estimate of drug-likeness (QED) is 0.686. The topological polar surface area (TPSA) is 0 Å². The summed E-state index contributed by atoms with van der Waals surface area (Å²) in [5, 5.41) is 0. The van der Waals surface area contributed by atoms with Gasteiger partial charge in [0.05, 0.1) is 0 Å². The van der Waals surface area contributed by atoms with Crippen LogP contribution in [0.2, 0.25) is 0 Å². The molecule has 0 nitrogen and oxygen atoms in total. The van der Waals surface area contributed by atoms with E-state index in [1.54, 1.807) is 4.91 Å². The zero-order chi connectivity index (χ0) is 12.9. The van der Waals surface area contributed by atoms with Gasteiger partial charge in [-0.25, -0.2) is 0 Å². The Morgan fingerprint density at radius 1 is 0.895 bits per heavy atom. The Kier molecular flexibility index (Phi) is 4.04. The fraction of sp³-hybridized carbons (Fsp3) is 0.222. The largest absolute Gasteiger partial charge is 0.177 e. The highest BCUT2D eigenvalue weighted by Crippen LogP contribution is 2.53. The van der Waals surface area contributed by atoms with Crippen molar-refractivity contribution in [2.45, 2.75) is 30.6 Å². The summed E-state index contributed by atoms with van der Waals surface area (Å²) >= 11 is 0. The lowest BCUT2D eigenvalue weighted by molar-refractivity contribution is 1.01. The van der Waals surface area contributed by atoms with Gasteiger partial charge in [0.1, 0.15) is 0 Å². The normalized spacial score (nSPS) is 20.7.